The molecule has 1 heterocycles. The van der Waals surface area contributed by atoms with Crippen LogP contribution in [0.5, 0.6) is 5.75 Å². The Morgan fingerprint density at radius 1 is 0.964 bits per heavy atom. The number of amides is 2. The van der Waals surface area contributed by atoms with Crippen molar-refractivity contribution >= 4 is 17.5 Å². The quantitative estimate of drug-likeness (QED) is 0.883. The summed E-state index contributed by atoms with van der Waals surface area (Å²) in [5, 5.41) is 2.94. The van der Waals surface area contributed by atoms with Gasteiger partial charge in [-0.1, -0.05) is 61.7 Å². The number of anilines is 1. The lowest BCUT2D eigenvalue weighted by atomic mass is 9.88. The fourth-order valence-electron chi connectivity index (χ4n) is 4.05. The molecule has 2 aromatic rings. The van der Waals surface area contributed by atoms with Crippen molar-refractivity contribution in [1.29, 1.82) is 0 Å². The molecule has 1 fully saturated rings. The zero-order valence-electron chi connectivity index (χ0n) is 16.0. The molecule has 0 radical (unpaired) electrons. The Hall–Kier alpha value is -2.82. The van der Waals surface area contributed by atoms with Crippen molar-refractivity contribution in [2.75, 3.05) is 11.4 Å². The first-order chi connectivity index (χ1) is 13.7. The Morgan fingerprint density at radius 3 is 2.46 bits per heavy atom. The normalized spacial score (nSPS) is 19.4. The molecule has 1 atom stereocenters. The van der Waals surface area contributed by atoms with Gasteiger partial charge in [-0.3, -0.25) is 9.59 Å². The van der Waals surface area contributed by atoms with Crippen LogP contribution in [0.15, 0.2) is 54.6 Å². The molecule has 0 saturated heterocycles. The molecule has 1 N–H and O–H groups in total. The number of ether oxygens (including phenoxy) is 1. The highest BCUT2D eigenvalue weighted by atomic mass is 16.5. The Balaban J connectivity index is 1.49. The molecular formula is C23H26N2O3. The molecule has 1 saturated carbocycles. The van der Waals surface area contributed by atoms with Gasteiger partial charge in [0, 0.05) is 12.5 Å². The number of nitrogens with one attached hydrogen (secondary N) is 1. The molecule has 4 rings (SSSR count). The largest absolute Gasteiger partial charge is 0.477 e. The molecule has 2 amide bonds. The van der Waals surface area contributed by atoms with Gasteiger partial charge in [0.05, 0.1) is 12.2 Å². The predicted molar refractivity (Wildman–Crippen MR) is 108 cm³/mol. The first-order valence-corrected chi connectivity index (χ1v) is 10.1. The van der Waals surface area contributed by atoms with Crippen LogP contribution in [-0.4, -0.2) is 24.5 Å². The number of hydrogen-bond donors (Lipinski definition) is 1. The standard InChI is InChI=1S/C23H26N2O3/c26-22(24-15-17-9-3-1-4-10-17)21-16-25(19-13-7-8-14-20(19)28-21)23(27)18-11-5-2-6-12-18/h1,3-4,7-10,13-14,18,21H,2,5-6,11-12,15-16H2,(H,24,26). The van der Waals surface area contributed by atoms with Crippen molar-refractivity contribution in [2.45, 2.75) is 44.8 Å². The highest BCUT2D eigenvalue weighted by Gasteiger charge is 2.36. The molecule has 0 aromatic heterocycles. The topological polar surface area (TPSA) is 58.6 Å². The van der Waals surface area contributed by atoms with Gasteiger partial charge in [0.1, 0.15) is 5.75 Å². The van der Waals surface area contributed by atoms with Gasteiger partial charge in [-0.25, -0.2) is 0 Å². The molecule has 1 aliphatic heterocycles. The summed E-state index contributed by atoms with van der Waals surface area (Å²) in [6.45, 7) is 0.699. The number of para-hydroxylation sites is 2. The fraction of sp³-hybridized carbons (Fsp3) is 0.391. The minimum absolute atomic E-state index is 0.0490. The van der Waals surface area contributed by atoms with E-state index in [2.05, 4.69) is 5.32 Å². The third kappa shape index (κ3) is 4.03. The predicted octanol–water partition coefficient (Wildman–Crippen LogP) is 3.68. The van der Waals surface area contributed by atoms with E-state index in [1.807, 2.05) is 54.6 Å². The Morgan fingerprint density at radius 2 is 1.68 bits per heavy atom. The van der Waals surface area contributed by atoms with Crippen molar-refractivity contribution in [3.8, 4) is 5.75 Å². The van der Waals surface area contributed by atoms with E-state index in [0.717, 1.165) is 36.9 Å². The summed E-state index contributed by atoms with van der Waals surface area (Å²) < 4.78 is 5.94. The van der Waals surface area contributed by atoms with Gasteiger partial charge in [0.25, 0.3) is 5.91 Å². The maximum Gasteiger partial charge on any atom is 0.263 e. The summed E-state index contributed by atoms with van der Waals surface area (Å²) in [4.78, 5) is 27.7. The molecule has 2 aliphatic rings. The van der Waals surface area contributed by atoms with Crippen LogP contribution in [0, 0.1) is 5.92 Å². The lowest BCUT2D eigenvalue weighted by Crippen LogP contribution is -2.52. The van der Waals surface area contributed by atoms with Crippen molar-refractivity contribution in [1.82, 2.24) is 5.32 Å². The molecule has 0 bridgehead atoms. The monoisotopic (exact) mass is 378 g/mol. The van der Waals surface area contributed by atoms with Crippen LogP contribution in [-0.2, 0) is 16.1 Å². The molecule has 5 heteroatoms. The van der Waals surface area contributed by atoms with Crippen LogP contribution in [0.4, 0.5) is 5.69 Å². The maximum atomic E-state index is 13.2. The second-order valence-corrected chi connectivity index (χ2v) is 7.56. The molecule has 0 spiro atoms. The van der Waals surface area contributed by atoms with Gasteiger partial charge in [-0.2, -0.15) is 0 Å². The number of nitrogens with zero attached hydrogens (tertiary/aromatic N) is 1. The Bertz CT molecular complexity index is 831. The average molecular weight is 378 g/mol. The number of carbonyl (C=O) groups excluding carboxylic acids is 2. The van der Waals surface area contributed by atoms with E-state index in [1.54, 1.807) is 4.90 Å². The molecular weight excluding hydrogens is 352 g/mol. The van der Waals surface area contributed by atoms with E-state index in [9.17, 15) is 9.59 Å². The van der Waals surface area contributed by atoms with Gasteiger partial charge in [-0.15, -0.1) is 0 Å². The summed E-state index contributed by atoms with van der Waals surface area (Å²) in [6, 6.07) is 17.3. The van der Waals surface area contributed by atoms with E-state index < -0.39 is 6.10 Å². The van der Waals surface area contributed by atoms with Crippen LogP contribution in [0.3, 0.4) is 0 Å². The molecule has 28 heavy (non-hydrogen) atoms. The van der Waals surface area contributed by atoms with Crippen molar-refractivity contribution in [3.63, 3.8) is 0 Å². The number of fused-ring (bicyclic) bond motifs is 1. The third-order valence-corrected chi connectivity index (χ3v) is 5.60. The van der Waals surface area contributed by atoms with Gasteiger partial charge in [0.15, 0.2) is 6.10 Å². The number of carbonyl (C=O) groups is 2. The van der Waals surface area contributed by atoms with E-state index in [-0.39, 0.29) is 24.3 Å². The van der Waals surface area contributed by atoms with Crippen molar-refractivity contribution < 1.29 is 14.3 Å². The fourth-order valence-corrected chi connectivity index (χ4v) is 4.05. The van der Waals surface area contributed by atoms with E-state index >= 15 is 0 Å². The zero-order valence-corrected chi connectivity index (χ0v) is 16.0. The molecule has 5 nitrogen and oxygen atoms in total. The smallest absolute Gasteiger partial charge is 0.263 e. The summed E-state index contributed by atoms with van der Waals surface area (Å²) in [5.41, 5.74) is 1.80. The van der Waals surface area contributed by atoms with Crippen molar-refractivity contribution in [3.05, 3.63) is 60.2 Å². The van der Waals surface area contributed by atoms with Gasteiger partial charge >= 0.3 is 0 Å². The lowest BCUT2D eigenvalue weighted by Gasteiger charge is -2.36. The minimum atomic E-state index is -0.703. The second-order valence-electron chi connectivity index (χ2n) is 7.56. The molecule has 2 aromatic carbocycles. The lowest BCUT2D eigenvalue weighted by molar-refractivity contribution is -0.129. The number of rotatable bonds is 4. The van der Waals surface area contributed by atoms with E-state index in [4.69, 9.17) is 4.74 Å². The summed E-state index contributed by atoms with van der Waals surface area (Å²) in [6.07, 6.45) is 4.57. The van der Waals surface area contributed by atoms with Gasteiger partial charge in [-0.05, 0) is 30.5 Å². The minimum Gasteiger partial charge on any atom is -0.477 e. The van der Waals surface area contributed by atoms with Gasteiger partial charge < -0.3 is 15.0 Å². The number of hydrogen-bond acceptors (Lipinski definition) is 3. The average Bonchev–Trinajstić information content (AvgIpc) is 2.77. The Kier molecular flexibility index (Phi) is 5.60. The molecule has 146 valence electrons. The second kappa shape index (κ2) is 8.46. The highest BCUT2D eigenvalue weighted by Crippen LogP contribution is 2.36. The van der Waals surface area contributed by atoms with Crippen LogP contribution < -0.4 is 15.0 Å². The summed E-state index contributed by atoms with van der Waals surface area (Å²) in [5.74, 6) is 0.571. The van der Waals surface area contributed by atoms with Gasteiger partial charge in [0.2, 0.25) is 5.91 Å². The first-order valence-electron chi connectivity index (χ1n) is 10.1. The third-order valence-electron chi connectivity index (χ3n) is 5.60. The van der Waals surface area contributed by atoms with E-state index in [0.29, 0.717) is 12.3 Å². The van der Waals surface area contributed by atoms with Crippen LogP contribution in [0.25, 0.3) is 0 Å². The summed E-state index contributed by atoms with van der Waals surface area (Å²) in [7, 11) is 0. The van der Waals surface area contributed by atoms with Crippen LogP contribution in [0.1, 0.15) is 37.7 Å². The Labute approximate surface area is 165 Å². The molecule has 1 aliphatic carbocycles. The van der Waals surface area contributed by atoms with Crippen LogP contribution in [0.2, 0.25) is 0 Å². The zero-order chi connectivity index (χ0) is 19.3. The molecule has 1 unspecified atom stereocenters. The maximum absolute atomic E-state index is 13.2. The number of benzene rings is 2. The summed E-state index contributed by atoms with van der Waals surface area (Å²) >= 11 is 0. The highest BCUT2D eigenvalue weighted by molar-refractivity contribution is 5.98. The van der Waals surface area contributed by atoms with Crippen LogP contribution >= 0.6 is 0 Å². The SMILES string of the molecule is O=C(NCc1ccccc1)C1CN(C(=O)C2CCCCC2)c2ccccc2O1. The van der Waals surface area contributed by atoms with E-state index in [1.165, 1.54) is 6.42 Å². The first kappa shape index (κ1) is 18.5. The van der Waals surface area contributed by atoms with Crippen molar-refractivity contribution in [2.24, 2.45) is 5.92 Å².